The maximum atomic E-state index is 12.0. The second kappa shape index (κ2) is 6.45. The summed E-state index contributed by atoms with van der Waals surface area (Å²) in [5.41, 5.74) is 8.62. The molecule has 6 heteroatoms. The van der Waals surface area contributed by atoms with Gasteiger partial charge in [0.25, 0.3) is 0 Å². The first-order valence-corrected chi connectivity index (χ1v) is 6.84. The second-order valence-corrected chi connectivity index (χ2v) is 4.93. The number of aromatic nitrogens is 1. The summed E-state index contributed by atoms with van der Waals surface area (Å²) in [4.78, 5) is 16.1. The fourth-order valence-electron chi connectivity index (χ4n) is 1.89. The molecule has 5 nitrogen and oxygen atoms in total. The molecule has 1 heterocycles. The van der Waals surface area contributed by atoms with E-state index >= 15 is 0 Å². The van der Waals surface area contributed by atoms with Crippen LogP contribution in [-0.4, -0.2) is 17.6 Å². The van der Waals surface area contributed by atoms with Crippen molar-refractivity contribution in [3.63, 3.8) is 0 Å². The van der Waals surface area contributed by atoms with Crippen LogP contribution in [0.15, 0.2) is 30.6 Å². The molecule has 1 aromatic carbocycles. The zero-order chi connectivity index (χ0) is 15.4. The summed E-state index contributed by atoms with van der Waals surface area (Å²) >= 11 is 6.20. The topological polar surface area (TPSA) is 77.2 Å². The van der Waals surface area contributed by atoms with Crippen molar-refractivity contribution < 1.29 is 9.53 Å². The minimum atomic E-state index is -0.477. The molecule has 0 aliphatic rings. The normalized spacial score (nSPS) is 10.2. The van der Waals surface area contributed by atoms with Crippen molar-refractivity contribution in [1.29, 1.82) is 0 Å². The molecule has 0 aliphatic heterocycles. The van der Waals surface area contributed by atoms with E-state index in [-0.39, 0.29) is 6.61 Å². The lowest BCUT2D eigenvalue weighted by Crippen LogP contribution is -2.09. The third-order valence-corrected chi connectivity index (χ3v) is 3.05. The van der Waals surface area contributed by atoms with E-state index in [0.717, 1.165) is 11.3 Å². The Morgan fingerprint density at radius 2 is 2.14 bits per heavy atom. The van der Waals surface area contributed by atoms with Crippen molar-refractivity contribution in [2.45, 2.75) is 13.8 Å². The average molecular weight is 306 g/mol. The highest BCUT2D eigenvalue weighted by Gasteiger charge is 2.17. The number of nitrogen functional groups attached to an aromatic ring is 1. The number of nitrogens with one attached hydrogen (secondary N) is 1. The van der Waals surface area contributed by atoms with Crippen molar-refractivity contribution in [3.8, 4) is 0 Å². The lowest BCUT2D eigenvalue weighted by molar-refractivity contribution is 0.0527. The number of carbonyl (C=O) groups is 1. The molecule has 21 heavy (non-hydrogen) atoms. The second-order valence-electron chi connectivity index (χ2n) is 4.52. The summed E-state index contributed by atoms with van der Waals surface area (Å²) in [7, 11) is 0. The molecule has 0 radical (unpaired) electrons. The van der Waals surface area contributed by atoms with Crippen molar-refractivity contribution in [2.24, 2.45) is 0 Å². The summed E-state index contributed by atoms with van der Waals surface area (Å²) in [5.74, 6) is -0.477. The molecule has 0 atom stereocenters. The summed E-state index contributed by atoms with van der Waals surface area (Å²) in [5, 5.41) is 3.44. The number of benzene rings is 1. The van der Waals surface area contributed by atoms with Gasteiger partial charge in [0.2, 0.25) is 0 Å². The van der Waals surface area contributed by atoms with Gasteiger partial charge in [-0.25, -0.2) is 4.79 Å². The first-order valence-electron chi connectivity index (χ1n) is 6.46. The van der Waals surface area contributed by atoms with Gasteiger partial charge in [0, 0.05) is 11.9 Å². The Morgan fingerprint density at radius 1 is 1.38 bits per heavy atom. The van der Waals surface area contributed by atoms with Crippen LogP contribution in [0.25, 0.3) is 0 Å². The molecule has 1 aromatic heterocycles. The first-order chi connectivity index (χ1) is 10.0. The van der Waals surface area contributed by atoms with Crippen molar-refractivity contribution >= 4 is 34.6 Å². The number of hydrogen-bond acceptors (Lipinski definition) is 5. The smallest absolute Gasteiger partial charge is 0.340 e. The molecule has 0 saturated carbocycles. The number of halogens is 1. The Labute approximate surface area is 128 Å². The van der Waals surface area contributed by atoms with Crippen LogP contribution in [-0.2, 0) is 4.74 Å². The minimum absolute atomic E-state index is 0.274. The molecule has 3 N–H and O–H groups in total. The van der Waals surface area contributed by atoms with Crippen LogP contribution in [0.2, 0.25) is 5.02 Å². The van der Waals surface area contributed by atoms with E-state index in [4.69, 9.17) is 22.1 Å². The molecule has 0 bridgehead atoms. The van der Waals surface area contributed by atoms with E-state index in [1.807, 2.05) is 13.0 Å². The van der Waals surface area contributed by atoms with Gasteiger partial charge in [0.05, 0.1) is 34.8 Å². The molecular weight excluding hydrogens is 290 g/mol. The van der Waals surface area contributed by atoms with Crippen LogP contribution in [0.3, 0.4) is 0 Å². The summed E-state index contributed by atoms with van der Waals surface area (Å²) in [6.07, 6.45) is 3.39. The third kappa shape index (κ3) is 3.64. The number of aryl methyl sites for hydroxylation is 1. The zero-order valence-electron chi connectivity index (χ0n) is 11.8. The Balaban J connectivity index is 2.44. The van der Waals surface area contributed by atoms with Gasteiger partial charge >= 0.3 is 5.97 Å². The molecule has 2 rings (SSSR count). The predicted molar refractivity (Wildman–Crippen MR) is 84.1 cm³/mol. The van der Waals surface area contributed by atoms with Gasteiger partial charge in [-0.1, -0.05) is 11.6 Å². The molecule has 0 unspecified atom stereocenters. The van der Waals surface area contributed by atoms with Crippen molar-refractivity contribution in [2.75, 3.05) is 17.7 Å². The molecule has 0 aliphatic carbocycles. The van der Waals surface area contributed by atoms with Gasteiger partial charge in [0.15, 0.2) is 0 Å². The number of nitrogens with zero attached hydrogens (tertiary/aromatic N) is 1. The predicted octanol–water partition coefficient (Wildman–Crippen LogP) is 3.55. The minimum Gasteiger partial charge on any atom is -0.462 e. The van der Waals surface area contributed by atoms with E-state index in [9.17, 15) is 4.79 Å². The van der Waals surface area contributed by atoms with Gasteiger partial charge in [-0.05, 0) is 37.6 Å². The fourth-order valence-corrected chi connectivity index (χ4v) is 2.17. The Bertz CT molecular complexity index is 674. The number of carbonyl (C=O) groups excluding carboxylic acids is 1. The van der Waals surface area contributed by atoms with Crippen molar-refractivity contribution in [3.05, 3.63) is 46.7 Å². The number of esters is 1. The number of nitrogens with two attached hydrogens (primary N) is 1. The highest BCUT2D eigenvalue weighted by molar-refractivity contribution is 6.34. The summed E-state index contributed by atoms with van der Waals surface area (Å²) < 4.78 is 5.03. The third-order valence-electron chi connectivity index (χ3n) is 2.75. The molecule has 2 aromatic rings. The molecule has 0 fully saturated rings. The van der Waals surface area contributed by atoms with E-state index < -0.39 is 5.97 Å². The van der Waals surface area contributed by atoms with Crippen LogP contribution in [0.1, 0.15) is 22.8 Å². The lowest BCUT2D eigenvalue weighted by atomic mass is 10.1. The maximum Gasteiger partial charge on any atom is 0.340 e. The van der Waals surface area contributed by atoms with Crippen LogP contribution in [0.4, 0.5) is 17.1 Å². The zero-order valence-corrected chi connectivity index (χ0v) is 12.6. The molecule has 0 amide bonds. The summed E-state index contributed by atoms with van der Waals surface area (Å²) in [6.45, 7) is 3.94. The van der Waals surface area contributed by atoms with Crippen LogP contribution < -0.4 is 11.1 Å². The first kappa shape index (κ1) is 15.1. The number of pyridine rings is 1. The van der Waals surface area contributed by atoms with Crippen LogP contribution >= 0.6 is 11.6 Å². The van der Waals surface area contributed by atoms with Crippen molar-refractivity contribution in [1.82, 2.24) is 4.98 Å². The lowest BCUT2D eigenvalue weighted by Gasteiger charge is -2.14. The van der Waals surface area contributed by atoms with E-state index in [0.29, 0.717) is 22.0 Å². The monoisotopic (exact) mass is 305 g/mol. The number of rotatable bonds is 4. The van der Waals surface area contributed by atoms with E-state index in [1.54, 1.807) is 25.4 Å². The van der Waals surface area contributed by atoms with E-state index in [2.05, 4.69) is 10.3 Å². The number of anilines is 3. The Hall–Kier alpha value is -2.27. The standard InChI is InChI=1S/C15H16ClN3O2/c1-3-21-15(20)12-5-10(17)6-13(16)14(12)19-11-4-9(2)7-18-8-11/h4-8,19H,3,17H2,1-2H3. The summed E-state index contributed by atoms with van der Waals surface area (Å²) in [6, 6.07) is 5.01. The van der Waals surface area contributed by atoms with Crippen LogP contribution in [0, 0.1) is 6.92 Å². The number of ether oxygens (including phenoxy) is 1. The quantitative estimate of drug-likeness (QED) is 0.667. The van der Waals surface area contributed by atoms with Crippen LogP contribution in [0.5, 0.6) is 0 Å². The van der Waals surface area contributed by atoms with Gasteiger partial charge in [-0.15, -0.1) is 0 Å². The maximum absolute atomic E-state index is 12.0. The number of hydrogen-bond donors (Lipinski definition) is 2. The SMILES string of the molecule is CCOC(=O)c1cc(N)cc(Cl)c1Nc1cncc(C)c1. The van der Waals surface area contributed by atoms with Gasteiger partial charge < -0.3 is 15.8 Å². The Morgan fingerprint density at radius 3 is 2.81 bits per heavy atom. The van der Waals surface area contributed by atoms with Gasteiger partial charge in [-0.2, -0.15) is 0 Å². The highest BCUT2D eigenvalue weighted by Crippen LogP contribution is 2.32. The highest BCUT2D eigenvalue weighted by atomic mass is 35.5. The fraction of sp³-hybridized carbons (Fsp3) is 0.200. The van der Waals surface area contributed by atoms with Gasteiger partial charge in [-0.3, -0.25) is 4.98 Å². The Kier molecular flexibility index (Phi) is 4.65. The largest absolute Gasteiger partial charge is 0.462 e. The molecule has 0 spiro atoms. The molecule has 110 valence electrons. The van der Waals surface area contributed by atoms with Gasteiger partial charge in [0.1, 0.15) is 0 Å². The molecular formula is C15H16ClN3O2. The van der Waals surface area contributed by atoms with E-state index in [1.165, 1.54) is 6.07 Å². The molecule has 0 saturated heterocycles. The average Bonchev–Trinajstić information content (AvgIpc) is 2.42.